The molecular formula is H7AsO6. The van der Waals surface area contributed by atoms with Crippen molar-refractivity contribution in [2.24, 2.45) is 0 Å². The zero-order valence-corrected chi connectivity index (χ0v) is 5.07. The van der Waals surface area contributed by atoms with Crippen molar-refractivity contribution in [3.63, 3.8) is 0 Å². The van der Waals surface area contributed by atoms with E-state index in [1.165, 1.54) is 0 Å². The first-order valence-corrected chi connectivity index (χ1v) is 4.07. The first-order chi connectivity index (χ1) is 2.00. The topological polar surface area (TPSA) is 141 Å². The normalized spacial score (nSPS) is 8.43. The molecule has 0 aromatic rings. The monoisotopic (exact) mass is 178 g/mol. The molecule has 0 atom stereocenters. The Morgan fingerprint density at radius 1 is 1.00 bits per heavy atom. The Kier molecular flexibility index (Phi) is 9.69. The van der Waals surface area contributed by atoms with Gasteiger partial charge < -0.3 is 11.0 Å². The molecule has 0 aliphatic rings. The van der Waals surface area contributed by atoms with Crippen molar-refractivity contribution in [3.8, 4) is 0 Å². The second kappa shape index (κ2) is 4.32. The Bertz CT molecular complexity index is 50.3. The van der Waals surface area contributed by atoms with Gasteiger partial charge in [-0.25, -0.2) is 0 Å². The first-order valence-electron chi connectivity index (χ1n) is 0.783. The van der Waals surface area contributed by atoms with E-state index in [1.807, 2.05) is 0 Å². The van der Waals surface area contributed by atoms with E-state index in [-0.39, 0.29) is 11.0 Å². The van der Waals surface area contributed by atoms with Gasteiger partial charge in [0.1, 0.15) is 0 Å². The van der Waals surface area contributed by atoms with Crippen LogP contribution >= 0.6 is 0 Å². The number of hydrogen-bond donors (Lipinski definition) is 3. The molecule has 7 heteroatoms. The SMILES string of the molecule is O.O.O=[As](O)(O)O. The summed E-state index contributed by atoms with van der Waals surface area (Å²) in [7, 11) is 0. The molecule has 0 amide bonds. The summed E-state index contributed by atoms with van der Waals surface area (Å²) in [6.07, 6.45) is 0. The third-order valence-electron chi connectivity index (χ3n) is 0. The molecule has 0 saturated heterocycles. The Balaban J connectivity index is -0.0000000800. The quantitative estimate of drug-likeness (QED) is 0.326. The van der Waals surface area contributed by atoms with Crippen LogP contribution in [0.3, 0.4) is 0 Å². The van der Waals surface area contributed by atoms with E-state index >= 15 is 0 Å². The predicted octanol–water partition coefficient (Wildman–Crippen LogP) is -3.82. The van der Waals surface area contributed by atoms with Crippen LogP contribution in [0.15, 0.2) is 0 Å². The average Bonchev–Trinajstić information content (AvgIpc) is 0.722. The van der Waals surface area contributed by atoms with E-state index < -0.39 is 14.5 Å². The summed E-state index contributed by atoms with van der Waals surface area (Å²) in [5, 5.41) is 0. The van der Waals surface area contributed by atoms with Crippen molar-refractivity contribution < 1.29 is 27.0 Å². The predicted molar refractivity (Wildman–Crippen MR) is 20.3 cm³/mol. The first kappa shape index (κ1) is 15.7. The molecule has 0 radical (unpaired) electrons. The van der Waals surface area contributed by atoms with Crippen molar-refractivity contribution in [2.75, 3.05) is 0 Å². The summed E-state index contributed by atoms with van der Waals surface area (Å²) >= 11 is -5.12. The molecule has 0 aromatic heterocycles. The summed E-state index contributed by atoms with van der Waals surface area (Å²) in [6, 6.07) is 0. The van der Waals surface area contributed by atoms with Crippen LogP contribution in [0.5, 0.6) is 0 Å². The second-order valence-corrected chi connectivity index (χ2v) is 2.67. The van der Waals surface area contributed by atoms with Gasteiger partial charge in [-0.3, -0.25) is 0 Å². The molecular weight excluding hydrogens is 171 g/mol. The van der Waals surface area contributed by atoms with Gasteiger partial charge in [0.2, 0.25) is 0 Å². The summed E-state index contributed by atoms with van der Waals surface area (Å²) in [4.78, 5) is 0. The molecule has 0 heterocycles. The third kappa shape index (κ3) is 4240. The minimum absolute atomic E-state index is 0. The Labute approximate surface area is 42.4 Å². The van der Waals surface area contributed by atoms with Gasteiger partial charge >= 0.3 is 30.5 Å². The van der Waals surface area contributed by atoms with Crippen LogP contribution in [0.4, 0.5) is 0 Å². The van der Waals surface area contributed by atoms with Gasteiger partial charge in [-0.05, 0) is 0 Å². The summed E-state index contributed by atoms with van der Waals surface area (Å²) in [5.74, 6) is 0. The van der Waals surface area contributed by atoms with Crippen LogP contribution in [-0.4, -0.2) is 37.8 Å². The maximum atomic E-state index is 8.94. The van der Waals surface area contributed by atoms with Gasteiger partial charge in [-0.15, -0.1) is 0 Å². The van der Waals surface area contributed by atoms with Crippen LogP contribution in [0, 0.1) is 0 Å². The van der Waals surface area contributed by atoms with Gasteiger partial charge in [0.05, 0.1) is 0 Å². The molecule has 0 saturated carbocycles. The fraction of sp³-hybridized carbons (Fsp3) is 0. The van der Waals surface area contributed by atoms with Crippen molar-refractivity contribution in [3.05, 3.63) is 0 Å². The van der Waals surface area contributed by atoms with Gasteiger partial charge in [0.15, 0.2) is 0 Å². The molecule has 0 aliphatic heterocycles. The van der Waals surface area contributed by atoms with Crippen molar-refractivity contribution >= 4 is 14.5 Å². The molecule has 0 aromatic carbocycles. The molecule has 0 rings (SSSR count). The van der Waals surface area contributed by atoms with E-state index in [0.29, 0.717) is 0 Å². The fourth-order valence-corrected chi connectivity index (χ4v) is 0. The van der Waals surface area contributed by atoms with Gasteiger partial charge in [0.25, 0.3) is 0 Å². The Hall–Kier alpha value is 0.158. The van der Waals surface area contributed by atoms with Gasteiger partial charge in [-0.2, -0.15) is 0 Å². The van der Waals surface area contributed by atoms with E-state index in [4.69, 9.17) is 16.0 Å². The Morgan fingerprint density at radius 2 is 1.00 bits per heavy atom. The van der Waals surface area contributed by atoms with Crippen LogP contribution in [0.1, 0.15) is 0 Å². The standard InChI is InChI=1S/AsH3O4.2H2O/c2-1(3,4)5;;/h(H3,2,3,4,5);2*1H2. The Morgan fingerprint density at radius 3 is 1.00 bits per heavy atom. The molecule has 6 nitrogen and oxygen atoms in total. The molecule has 48 valence electrons. The van der Waals surface area contributed by atoms with Crippen LogP contribution in [-0.2, 0) is 3.74 Å². The summed E-state index contributed by atoms with van der Waals surface area (Å²) in [6.45, 7) is 0. The van der Waals surface area contributed by atoms with E-state index in [1.54, 1.807) is 0 Å². The molecule has 0 bridgehead atoms. The van der Waals surface area contributed by atoms with Crippen LogP contribution in [0.25, 0.3) is 0 Å². The summed E-state index contributed by atoms with van der Waals surface area (Å²) < 4.78 is 30.7. The minimum atomic E-state index is -5.12. The van der Waals surface area contributed by atoms with Crippen LogP contribution < -0.4 is 0 Å². The summed E-state index contributed by atoms with van der Waals surface area (Å²) in [5.41, 5.74) is 0. The van der Waals surface area contributed by atoms with Gasteiger partial charge in [0, 0.05) is 0 Å². The van der Waals surface area contributed by atoms with Crippen molar-refractivity contribution in [1.29, 1.82) is 0 Å². The van der Waals surface area contributed by atoms with E-state index in [2.05, 4.69) is 0 Å². The number of rotatable bonds is 0. The van der Waals surface area contributed by atoms with Crippen molar-refractivity contribution in [1.82, 2.24) is 0 Å². The molecule has 0 unspecified atom stereocenters. The molecule has 0 aliphatic carbocycles. The van der Waals surface area contributed by atoms with Crippen LogP contribution in [0.2, 0.25) is 0 Å². The maximum absolute atomic E-state index is 8.94. The third-order valence-corrected chi connectivity index (χ3v) is 0. The van der Waals surface area contributed by atoms with Gasteiger partial charge in [-0.1, -0.05) is 0 Å². The molecule has 0 fully saturated rings. The molecule has 7 N–H and O–H groups in total. The molecule has 0 spiro atoms. The average molecular weight is 178 g/mol. The van der Waals surface area contributed by atoms with E-state index in [0.717, 1.165) is 0 Å². The fourth-order valence-electron chi connectivity index (χ4n) is 0. The number of hydrogen-bond acceptors (Lipinski definition) is 1. The zero-order chi connectivity index (χ0) is 4.50. The second-order valence-electron chi connectivity index (χ2n) is 0.513. The van der Waals surface area contributed by atoms with E-state index in [9.17, 15) is 0 Å². The molecule has 7 heavy (non-hydrogen) atoms. The zero-order valence-electron chi connectivity index (χ0n) is 3.20. The van der Waals surface area contributed by atoms with Crippen molar-refractivity contribution in [2.45, 2.75) is 0 Å².